The molecule has 5 aliphatic rings. The number of hydrogen-bond acceptors (Lipinski definition) is 12. The number of aliphatic hydroxyl groups excluding tert-OH is 1. The Hall–Kier alpha value is -5.15. The minimum atomic E-state index is -2.10. The Morgan fingerprint density at radius 2 is 1.72 bits per heavy atom. The van der Waals surface area contributed by atoms with Gasteiger partial charge in [0.1, 0.15) is 6.61 Å². The van der Waals surface area contributed by atoms with Crippen LogP contribution in [0.1, 0.15) is 97.1 Å². The Morgan fingerprint density at radius 1 is 1.00 bits per heavy atom. The molecule has 8 rings (SSSR count). The average molecular weight is 880 g/mol. The van der Waals surface area contributed by atoms with Gasteiger partial charge in [0.2, 0.25) is 11.7 Å². The molecule has 1 aromatic heterocycles. The molecule has 3 aromatic rings. The number of ether oxygens (including phenoxy) is 4. The van der Waals surface area contributed by atoms with E-state index in [0.717, 1.165) is 10.8 Å². The van der Waals surface area contributed by atoms with Crippen LogP contribution in [0.15, 0.2) is 84.7 Å². The maximum Gasteiger partial charge on any atom is 0.306 e. The first-order valence-electron chi connectivity index (χ1n) is 22.1. The molecular formula is C50H58FN3O10. The number of allylic oxidation sites excluding steroid dienone is 4. The summed E-state index contributed by atoms with van der Waals surface area (Å²) in [6, 6.07) is 14.5. The quantitative estimate of drug-likeness (QED) is 0.153. The second kappa shape index (κ2) is 16.4. The molecule has 4 N–H and O–H groups in total. The van der Waals surface area contributed by atoms with E-state index in [0.29, 0.717) is 41.6 Å². The summed E-state index contributed by atoms with van der Waals surface area (Å²) in [6.07, 6.45) is 6.33. The number of carbonyl (C=O) groups excluding carboxylic acids is 5. The van der Waals surface area contributed by atoms with Gasteiger partial charge in [-0.15, -0.1) is 0 Å². The lowest BCUT2D eigenvalue weighted by atomic mass is 9.44. The molecule has 1 amide bonds. The summed E-state index contributed by atoms with van der Waals surface area (Å²) in [4.78, 5) is 70.5. The van der Waals surface area contributed by atoms with E-state index in [9.17, 15) is 29.1 Å². The van der Waals surface area contributed by atoms with Crippen molar-refractivity contribution in [3.63, 3.8) is 0 Å². The van der Waals surface area contributed by atoms with Crippen LogP contribution in [0.3, 0.4) is 0 Å². The number of aliphatic hydroxyl groups is 1. The van der Waals surface area contributed by atoms with E-state index >= 15 is 4.39 Å². The van der Waals surface area contributed by atoms with Crippen LogP contribution >= 0.6 is 0 Å². The summed E-state index contributed by atoms with van der Waals surface area (Å²) >= 11 is 0. The van der Waals surface area contributed by atoms with Gasteiger partial charge in [0.15, 0.2) is 29.4 Å². The summed E-state index contributed by atoms with van der Waals surface area (Å²) in [5.41, 5.74) is 1.80. The van der Waals surface area contributed by atoms with Gasteiger partial charge in [-0.1, -0.05) is 62.8 Å². The van der Waals surface area contributed by atoms with E-state index in [4.69, 9.17) is 24.7 Å². The van der Waals surface area contributed by atoms with Crippen LogP contribution in [0.4, 0.5) is 10.1 Å². The van der Waals surface area contributed by atoms with Gasteiger partial charge >= 0.3 is 11.9 Å². The van der Waals surface area contributed by atoms with Crippen LogP contribution in [-0.4, -0.2) is 81.9 Å². The number of esters is 2. The summed E-state index contributed by atoms with van der Waals surface area (Å²) < 4.78 is 41.9. The van der Waals surface area contributed by atoms with E-state index in [1.807, 2.05) is 31.2 Å². The molecule has 0 radical (unpaired) electrons. The van der Waals surface area contributed by atoms with Gasteiger partial charge in [0.05, 0.1) is 31.0 Å². The molecule has 3 saturated carbocycles. The molecule has 13 nitrogen and oxygen atoms in total. The molecule has 14 heteroatoms. The summed E-state index contributed by atoms with van der Waals surface area (Å²) in [7, 11) is 0. The minimum absolute atomic E-state index is 0.0342. The van der Waals surface area contributed by atoms with Gasteiger partial charge in [-0.2, -0.15) is 0 Å². The van der Waals surface area contributed by atoms with Crippen LogP contribution in [0, 0.1) is 28.1 Å². The summed E-state index contributed by atoms with van der Waals surface area (Å²) in [5.74, 6) is -5.12. The van der Waals surface area contributed by atoms with Crippen molar-refractivity contribution in [2.45, 2.75) is 122 Å². The fourth-order valence-electron chi connectivity index (χ4n) is 11.8. The zero-order valence-electron chi connectivity index (χ0n) is 37.3. The number of amides is 1. The zero-order valence-corrected chi connectivity index (χ0v) is 37.3. The zero-order chi connectivity index (χ0) is 46.0. The number of anilines is 1. The van der Waals surface area contributed by atoms with Crippen LogP contribution in [-0.2, 0) is 49.5 Å². The second-order valence-corrected chi connectivity index (χ2v) is 20.1. The van der Waals surface area contributed by atoms with Crippen LogP contribution in [0.5, 0.6) is 0 Å². The van der Waals surface area contributed by atoms with Gasteiger partial charge < -0.3 is 35.1 Å². The maximum absolute atomic E-state index is 17.8. The molecule has 2 aromatic carbocycles. The molecule has 4 fully saturated rings. The van der Waals surface area contributed by atoms with Gasteiger partial charge in [-0.05, 0) is 105 Å². The fourth-order valence-corrected chi connectivity index (χ4v) is 11.8. The van der Waals surface area contributed by atoms with Gasteiger partial charge in [-0.3, -0.25) is 29.0 Å². The Bertz CT molecular complexity index is 2450. The van der Waals surface area contributed by atoms with Crippen molar-refractivity contribution in [2.24, 2.45) is 33.8 Å². The number of Topliss-reactive ketones (excluding diaryl/α,β-unsaturated/α-hetero) is 1. The Balaban J connectivity index is 0.858. The van der Waals surface area contributed by atoms with E-state index in [2.05, 4.69) is 10.3 Å². The molecule has 0 unspecified atom stereocenters. The largest absolute Gasteiger partial charge is 0.461 e. The van der Waals surface area contributed by atoms with Crippen LogP contribution < -0.4 is 11.1 Å². The number of aromatic nitrogens is 1. The third-order valence-electron chi connectivity index (χ3n) is 14.9. The fraction of sp³-hybridized carbons (Fsp3) is 0.520. The number of benzene rings is 2. The Morgan fingerprint density at radius 3 is 2.44 bits per heavy atom. The molecule has 340 valence electrons. The number of carbonyl (C=O) groups is 5. The number of hydrogen-bond donors (Lipinski definition) is 3. The molecule has 4 aliphatic carbocycles. The van der Waals surface area contributed by atoms with Crippen LogP contribution in [0.2, 0.25) is 0 Å². The van der Waals surface area contributed by atoms with Gasteiger partial charge in [0, 0.05) is 46.8 Å². The molecule has 0 spiro atoms. The number of nitrogens with one attached hydrogen (secondary N) is 1. The number of nitrogens with zero attached hydrogens (tertiary/aromatic N) is 1. The lowest BCUT2D eigenvalue weighted by Gasteiger charge is -2.62. The first kappa shape index (κ1) is 45.4. The number of fused-ring (bicyclic) bond motifs is 8. The third-order valence-corrected chi connectivity index (χ3v) is 14.9. The smallest absolute Gasteiger partial charge is 0.306 e. The Kier molecular flexibility index (Phi) is 11.6. The Labute approximate surface area is 372 Å². The normalized spacial score (nSPS) is 31.8. The molecule has 1 aliphatic heterocycles. The number of nitrogens with two attached hydrogens (primary N) is 1. The third kappa shape index (κ3) is 7.69. The lowest BCUT2D eigenvalue weighted by Crippen LogP contribution is -2.70. The highest BCUT2D eigenvalue weighted by atomic mass is 19.1. The van der Waals surface area contributed by atoms with Crippen LogP contribution in [0.25, 0.3) is 10.8 Å². The summed E-state index contributed by atoms with van der Waals surface area (Å²) in [6.45, 7) is 9.85. The highest BCUT2D eigenvalue weighted by Gasteiger charge is 2.80. The highest BCUT2D eigenvalue weighted by molar-refractivity contribution is 6.01. The van der Waals surface area contributed by atoms with Crippen molar-refractivity contribution >= 4 is 45.9 Å². The predicted molar refractivity (Wildman–Crippen MR) is 234 cm³/mol. The first-order valence-corrected chi connectivity index (χ1v) is 22.1. The molecular weight excluding hydrogens is 822 g/mol. The molecule has 1 saturated heterocycles. The molecule has 64 heavy (non-hydrogen) atoms. The van der Waals surface area contributed by atoms with Crippen molar-refractivity contribution in [1.82, 2.24) is 4.98 Å². The molecule has 9 atom stereocenters. The number of rotatable bonds is 13. The van der Waals surface area contributed by atoms with Crippen molar-refractivity contribution in [3.8, 4) is 0 Å². The topological polar surface area (TPSA) is 193 Å². The minimum Gasteiger partial charge on any atom is -0.461 e. The van der Waals surface area contributed by atoms with E-state index in [1.54, 1.807) is 77.4 Å². The number of alkyl halides is 1. The van der Waals surface area contributed by atoms with Crippen molar-refractivity contribution in [1.29, 1.82) is 0 Å². The molecule has 2 heterocycles. The summed E-state index contributed by atoms with van der Waals surface area (Å²) in [5, 5.41) is 16.7. The van der Waals surface area contributed by atoms with E-state index in [-0.39, 0.29) is 44.1 Å². The van der Waals surface area contributed by atoms with Crippen molar-refractivity contribution in [3.05, 3.63) is 95.9 Å². The standard InChI is InChI=1S/C50H58FN3O10/c1-45(2,23-42(58)61-27-29-7-9-30(10-8-29)36(25-52)44(60)54-34-13-11-32-26-53-18-16-31(32)19-34)24-43(59)62-28-40(57)50-41(63-46(3,4)64-50)21-38-37-14-12-33-20-35(55)15-17-47(33,5)49(37,51)39(56)22-48(38,50)6/h7-11,13,15-20,26,36-39,41,56H,12,14,21-25,27-28,52H2,1-6H3,(H,54,60)/t36-,37+,38+,39+,41-,47+,48+,49+,50-/m1/s1. The second-order valence-electron chi connectivity index (χ2n) is 20.1. The number of halogens is 1. The van der Waals surface area contributed by atoms with Crippen molar-refractivity contribution < 1.29 is 52.4 Å². The maximum atomic E-state index is 17.8. The highest BCUT2D eigenvalue weighted by Crippen LogP contribution is 2.72. The molecule has 0 bridgehead atoms. The monoisotopic (exact) mass is 879 g/mol. The van der Waals surface area contributed by atoms with Crippen molar-refractivity contribution in [2.75, 3.05) is 18.5 Å². The number of pyridine rings is 1. The van der Waals surface area contributed by atoms with E-state index in [1.165, 1.54) is 12.2 Å². The predicted octanol–water partition coefficient (Wildman–Crippen LogP) is 6.75. The van der Waals surface area contributed by atoms with E-state index < -0.39 is 87.6 Å². The van der Waals surface area contributed by atoms with Gasteiger partial charge in [-0.25, -0.2) is 4.39 Å². The lowest BCUT2D eigenvalue weighted by molar-refractivity contribution is -0.246. The first-order chi connectivity index (χ1) is 30.1. The SMILES string of the molecule is CC(C)(CC(=O)OCC(=O)[C@@]12OC(C)(C)O[C@@H]1C[C@H]1[C@@H]3CCC4=CC(=O)C=C[C@]4(C)[C@@]3(F)[C@@H](O)C[C@@]12C)CC(=O)OCc1ccc([C@@H](CN)C(=O)Nc2ccc3cnccc3c2)cc1. The average Bonchev–Trinajstić information content (AvgIpc) is 3.65. The van der Waals surface area contributed by atoms with Gasteiger partial charge in [0.25, 0.3) is 0 Å². The number of ketones is 2.